The Morgan fingerprint density at radius 1 is 1.41 bits per heavy atom. The molecule has 1 saturated heterocycles. The summed E-state index contributed by atoms with van der Waals surface area (Å²) in [6.07, 6.45) is 2.73. The molecule has 1 heterocycles. The number of fused-ring (bicyclic) bond motifs is 1. The number of ketones is 1. The van der Waals surface area contributed by atoms with Crippen LogP contribution < -0.4 is 0 Å². The van der Waals surface area contributed by atoms with Crippen molar-refractivity contribution in [3.8, 4) is 0 Å². The molecule has 2 aliphatic rings. The Kier molecular flexibility index (Phi) is 4.84. The number of carbonyl (C=O) groups is 3. The van der Waals surface area contributed by atoms with Crippen molar-refractivity contribution in [3.05, 3.63) is 23.8 Å². The first-order valence-corrected chi connectivity index (χ1v) is 7.56. The zero-order valence-electron chi connectivity index (χ0n) is 13.3. The van der Waals surface area contributed by atoms with Crippen LogP contribution >= 0.6 is 0 Å². The molecule has 1 fully saturated rings. The third-order valence-electron chi connectivity index (χ3n) is 4.44. The summed E-state index contributed by atoms with van der Waals surface area (Å²) in [5.41, 5.74) is 1.43. The Bertz CT molecular complexity index is 545. The van der Waals surface area contributed by atoms with Gasteiger partial charge in [-0.3, -0.25) is 4.79 Å². The average molecular weight is 306 g/mol. The van der Waals surface area contributed by atoms with Crippen molar-refractivity contribution < 1.29 is 23.9 Å². The maximum absolute atomic E-state index is 11.7. The first kappa shape index (κ1) is 16.5. The highest BCUT2D eigenvalue weighted by atomic mass is 16.6. The van der Waals surface area contributed by atoms with Crippen molar-refractivity contribution in [2.24, 2.45) is 11.8 Å². The van der Waals surface area contributed by atoms with Gasteiger partial charge in [0.25, 0.3) is 0 Å². The fourth-order valence-corrected chi connectivity index (χ4v) is 3.11. The minimum Gasteiger partial charge on any atom is -0.462 e. The molecule has 0 radical (unpaired) electrons. The Balaban J connectivity index is 2.28. The van der Waals surface area contributed by atoms with E-state index in [4.69, 9.17) is 9.47 Å². The zero-order valence-corrected chi connectivity index (χ0v) is 13.3. The number of ether oxygens (including phenoxy) is 2. The molecule has 1 aliphatic carbocycles. The molecular formula is C17H22O5. The second-order valence-electron chi connectivity index (χ2n) is 6.12. The number of Topliss-reactive ketones (excluding diaryl/α,β-unsaturated/α-hetero) is 1. The number of carbonyl (C=O) groups excluding carboxylic acids is 3. The van der Waals surface area contributed by atoms with Crippen molar-refractivity contribution in [1.82, 2.24) is 0 Å². The largest absolute Gasteiger partial charge is 0.462 e. The first-order valence-electron chi connectivity index (χ1n) is 7.56. The van der Waals surface area contributed by atoms with E-state index in [1.165, 1.54) is 6.92 Å². The van der Waals surface area contributed by atoms with Crippen molar-refractivity contribution in [2.75, 3.05) is 0 Å². The van der Waals surface area contributed by atoms with E-state index in [9.17, 15) is 14.4 Å². The molecule has 0 spiro atoms. The van der Waals surface area contributed by atoms with E-state index < -0.39 is 5.97 Å². The molecule has 0 aromatic carbocycles. The van der Waals surface area contributed by atoms with Gasteiger partial charge in [0.2, 0.25) is 0 Å². The summed E-state index contributed by atoms with van der Waals surface area (Å²) in [5.74, 6) is -0.828. The van der Waals surface area contributed by atoms with Crippen LogP contribution in [-0.2, 0) is 23.9 Å². The van der Waals surface area contributed by atoms with Crippen molar-refractivity contribution >= 4 is 17.7 Å². The minimum atomic E-state index is -0.395. The Morgan fingerprint density at radius 2 is 2.09 bits per heavy atom. The van der Waals surface area contributed by atoms with Gasteiger partial charge in [-0.2, -0.15) is 0 Å². The van der Waals surface area contributed by atoms with Crippen LogP contribution in [0.15, 0.2) is 23.8 Å². The molecular weight excluding hydrogens is 284 g/mol. The summed E-state index contributed by atoms with van der Waals surface area (Å²) in [4.78, 5) is 34.3. The average Bonchev–Trinajstić information content (AvgIpc) is 2.61. The lowest BCUT2D eigenvalue weighted by Crippen LogP contribution is -2.28. The van der Waals surface area contributed by atoms with Gasteiger partial charge in [-0.05, 0) is 25.8 Å². The second-order valence-corrected chi connectivity index (χ2v) is 6.12. The fourth-order valence-electron chi connectivity index (χ4n) is 3.11. The van der Waals surface area contributed by atoms with Gasteiger partial charge < -0.3 is 14.3 Å². The molecule has 0 unspecified atom stereocenters. The van der Waals surface area contributed by atoms with Crippen LogP contribution in [0.25, 0.3) is 0 Å². The van der Waals surface area contributed by atoms with Crippen molar-refractivity contribution in [2.45, 2.75) is 52.2 Å². The normalized spacial score (nSPS) is 31.0. The van der Waals surface area contributed by atoms with Gasteiger partial charge in [0.05, 0.1) is 0 Å². The van der Waals surface area contributed by atoms with Crippen LogP contribution in [0.5, 0.6) is 0 Å². The molecule has 0 N–H and O–H groups in total. The summed E-state index contributed by atoms with van der Waals surface area (Å²) in [5, 5.41) is 0. The number of hydrogen-bond acceptors (Lipinski definition) is 5. The SMILES string of the molecule is C=C1C(=O)O[C@H]2C=C(CCC(C)=O)[C@@H](C)[C@H](OC(C)=O)C[C@@H]12. The topological polar surface area (TPSA) is 69.7 Å². The van der Waals surface area contributed by atoms with E-state index in [-0.39, 0.29) is 35.8 Å². The highest BCUT2D eigenvalue weighted by molar-refractivity contribution is 5.91. The molecule has 5 nitrogen and oxygen atoms in total. The van der Waals surface area contributed by atoms with E-state index in [0.717, 1.165) is 5.57 Å². The quantitative estimate of drug-likeness (QED) is 0.453. The molecule has 0 aromatic rings. The minimum absolute atomic E-state index is 0.0136. The molecule has 120 valence electrons. The molecule has 1 aliphatic heterocycles. The number of esters is 2. The van der Waals surface area contributed by atoms with Gasteiger partial charge in [0, 0.05) is 30.8 Å². The summed E-state index contributed by atoms with van der Waals surface area (Å²) < 4.78 is 10.8. The van der Waals surface area contributed by atoms with Gasteiger partial charge >= 0.3 is 11.9 Å². The molecule has 5 heteroatoms. The van der Waals surface area contributed by atoms with Crippen LogP contribution in [0.2, 0.25) is 0 Å². The summed E-state index contributed by atoms with van der Waals surface area (Å²) >= 11 is 0. The lowest BCUT2D eigenvalue weighted by atomic mass is 9.88. The van der Waals surface area contributed by atoms with Gasteiger partial charge in [-0.25, -0.2) is 4.79 Å². The molecule has 0 saturated carbocycles. The van der Waals surface area contributed by atoms with Crippen molar-refractivity contribution in [1.29, 1.82) is 0 Å². The highest BCUT2D eigenvalue weighted by Gasteiger charge is 2.43. The van der Waals surface area contributed by atoms with Gasteiger partial charge in [0.15, 0.2) is 0 Å². The maximum atomic E-state index is 11.7. The van der Waals surface area contributed by atoms with Crippen LogP contribution in [0.3, 0.4) is 0 Å². The number of rotatable bonds is 4. The summed E-state index contributed by atoms with van der Waals surface area (Å²) in [7, 11) is 0. The Morgan fingerprint density at radius 3 is 2.68 bits per heavy atom. The van der Waals surface area contributed by atoms with E-state index in [1.807, 2.05) is 13.0 Å². The van der Waals surface area contributed by atoms with Crippen LogP contribution in [-0.4, -0.2) is 29.9 Å². The third-order valence-corrected chi connectivity index (χ3v) is 4.44. The molecule has 0 bridgehead atoms. The van der Waals surface area contributed by atoms with Crippen LogP contribution in [0, 0.1) is 11.8 Å². The Labute approximate surface area is 130 Å². The summed E-state index contributed by atoms with van der Waals surface area (Å²) in [6.45, 7) is 8.70. The van der Waals surface area contributed by atoms with Gasteiger partial charge in [0.1, 0.15) is 18.0 Å². The van der Waals surface area contributed by atoms with Crippen LogP contribution in [0.1, 0.15) is 40.0 Å². The van der Waals surface area contributed by atoms with Crippen molar-refractivity contribution in [3.63, 3.8) is 0 Å². The molecule has 2 rings (SSSR count). The van der Waals surface area contributed by atoms with E-state index in [0.29, 0.717) is 24.8 Å². The monoisotopic (exact) mass is 306 g/mol. The van der Waals surface area contributed by atoms with E-state index in [1.54, 1.807) is 6.92 Å². The lowest BCUT2D eigenvalue weighted by molar-refractivity contribution is -0.149. The zero-order chi connectivity index (χ0) is 16.4. The van der Waals surface area contributed by atoms with Gasteiger partial charge in [-0.15, -0.1) is 0 Å². The number of hydrogen-bond donors (Lipinski definition) is 0. The molecule has 0 amide bonds. The second kappa shape index (κ2) is 6.46. The predicted molar refractivity (Wildman–Crippen MR) is 79.8 cm³/mol. The highest BCUT2D eigenvalue weighted by Crippen LogP contribution is 2.40. The smallest absolute Gasteiger partial charge is 0.334 e. The van der Waals surface area contributed by atoms with E-state index in [2.05, 4.69) is 6.58 Å². The Hall–Kier alpha value is -1.91. The van der Waals surface area contributed by atoms with E-state index >= 15 is 0 Å². The lowest BCUT2D eigenvalue weighted by Gasteiger charge is -2.25. The summed E-state index contributed by atoms with van der Waals surface area (Å²) in [6, 6.07) is 0. The first-order chi connectivity index (χ1) is 10.3. The van der Waals surface area contributed by atoms with Gasteiger partial charge in [-0.1, -0.05) is 19.1 Å². The molecule has 0 aromatic heterocycles. The molecule has 4 atom stereocenters. The fraction of sp³-hybridized carbons (Fsp3) is 0.588. The predicted octanol–water partition coefficient (Wildman–Crippen LogP) is 2.35. The third kappa shape index (κ3) is 3.46. The standard InChI is InChI=1S/C17H22O5/c1-9(18)5-6-13-7-16-14(11(3)17(20)22-16)8-15(10(13)2)21-12(4)19/h7,10,14-16H,3,5-6,8H2,1-2,4H3/t10-,14+,15-,16+/m1/s1. The van der Waals surface area contributed by atoms with Crippen LogP contribution in [0.4, 0.5) is 0 Å². The maximum Gasteiger partial charge on any atom is 0.334 e. The molecule has 22 heavy (non-hydrogen) atoms.